The molecule has 0 saturated carbocycles. The summed E-state index contributed by atoms with van der Waals surface area (Å²) >= 11 is 0. The quantitative estimate of drug-likeness (QED) is 0.716. The molecule has 0 N–H and O–H groups in total. The Kier molecular flexibility index (Phi) is 3.93. The molecule has 8 heteroatoms. The molecule has 0 unspecified atom stereocenters. The van der Waals surface area contributed by atoms with Gasteiger partial charge in [-0.25, -0.2) is 9.97 Å². The van der Waals surface area contributed by atoms with Gasteiger partial charge in [0.1, 0.15) is 6.33 Å². The van der Waals surface area contributed by atoms with Crippen molar-refractivity contribution in [2.24, 2.45) is 0 Å². The third-order valence-corrected chi connectivity index (χ3v) is 4.36. The third-order valence-electron chi connectivity index (χ3n) is 4.36. The van der Waals surface area contributed by atoms with Gasteiger partial charge in [-0.05, 0) is 18.2 Å². The zero-order valence-electron chi connectivity index (χ0n) is 13.8. The number of amides is 1. The number of piperazine rings is 1. The van der Waals surface area contributed by atoms with Crippen LogP contribution >= 0.6 is 0 Å². The summed E-state index contributed by atoms with van der Waals surface area (Å²) in [6.07, 6.45) is 2.97. The highest BCUT2D eigenvalue weighted by Crippen LogP contribution is 2.27. The smallest absolute Gasteiger partial charge is 0.292 e. The van der Waals surface area contributed by atoms with E-state index in [0.717, 1.165) is 29.7 Å². The zero-order chi connectivity index (χ0) is 17.2. The van der Waals surface area contributed by atoms with E-state index >= 15 is 0 Å². The van der Waals surface area contributed by atoms with Gasteiger partial charge >= 0.3 is 0 Å². The monoisotopic (exact) mass is 339 g/mol. The maximum absolute atomic E-state index is 12.3. The Morgan fingerprint density at radius 1 is 1.16 bits per heavy atom. The lowest BCUT2D eigenvalue weighted by atomic mass is 10.2. The Bertz CT molecular complexity index is 888. The van der Waals surface area contributed by atoms with E-state index < -0.39 is 0 Å². The third kappa shape index (κ3) is 2.86. The van der Waals surface area contributed by atoms with Crippen LogP contribution in [0.3, 0.4) is 0 Å². The zero-order valence-corrected chi connectivity index (χ0v) is 13.8. The number of carbonyl (C=O) groups is 1. The van der Waals surface area contributed by atoms with Gasteiger partial charge in [-0.3, -0.25) is 4.79 Å². The van der Waals surface area contributed by atoms with E-state index in [-0.39, 0.29) is 11.7 Å². The molecule has 1 amide bonds. The summed E-state index contributed by atoms with van der Waals surface area (Å²) in [4.78, 5) is 24.7. The highest BCUT2D eigenvalue weighted by atomic mass is 16.5. The van der Waals surface area contributed by atoms with Gasteiger partial charge in [0.2, 0.25) is 11.6 Å². The largest absolute Gasteiger partial charge is 0.480 e. The SMILES string of the molecule is COc1ncnc2ccc(N3CCN(C(=O)c4ccno4)CC3)cc12. The number of ether oxygens (including phenoxy) is 1. The van der Waals surface area contributed by atoms with Crippen LogP contribution in [0.15, 0.2) is 41.3 Å². The predicted octanol–water partition coefficient (Wildman–Crippen LogP) is 1.59. The van der Waals surface area contributed by atoms with Crippen LogP contribution in [0.5, 0.6) is 5.88 Å². The number of rotatable bonds is 3. The summed E-state index contributed by atoms with van der Waals surface area (Å²) in [6.45, 7) is 2.72. The van der Waals surface area contributed by atoms with Crippen LogP contribution in [0.4, 0.5) is 5.69 Å². The fraction of sp³-hybridized carbons (Fsp3) is 0.294. The van der Waals surface area contributed by atoms with Crippen LogP contribution < -0.4 is 9.64 Å². The summed E-state index contributed by atoms with van der Waals surface area (Å²) in [5, 5.41) is 4.47. The van der Waals surface area contributed by atoms with Gasteiger partial charge in [0.25, 0.3) is 5.91 Å². The number of carbonyl (C=O) groups excluding carboxylic acids is 1. The average Bonchev–Trinajstić information content (AvgIpc) is 3.21. The number of benzene rings is 1. The molecule has 3 aromatic rings. The predicted molar refractivity (Wildman–Crippen MR) is 90.7 cm³/mol. The summed E-state index contributed by atoms with van der Waals surface area (Å²) in [6, 6.07) is 7.61. The van der Waals surface area contributed by atoms with Crippen LogP contribution in [0, 0.1) is 0 Å². The molecule has 0 atom stereocenters. The number of anilines is 1. The minimum Gasteiger partial charge on any atom is -0.480 e. The fourth-order valence-electron chi connectivity index (χ4n) is 3.03. The molecule has 3 heterocycles. The summed E-state index contributed by atoms with van der Waals surface area (Å²) < 4.78 is 10.3. The molecule has 8 nitrogen and oxygen atoms in total. The van der Waals surface area contributed by atoms with Crippen molar-refractivity contribution >= 4 is 22.5 Å². The maximum atomic E-state index is 12.3. The van der Waals surface area contributed by atoms with Crippen LogP contribution in [-0.2, 0) is 0 Å². The summed E-state index contributed by atoms with van der Waals surface area (Å²) in [5.74, 6) is 0.720. The van der Waals surface area contributed by atoms with Gasteiger partial charge in [0.15, 0.2) is 0 Å². The van der Waals surface area contributed by atoms with Crippen molar-refractivity contribution in [3.8, 4) is 5.88 Å². The standard InChI is InChI=1S/C17H17N5O3/c1-24-16-13-10-12(2-3-14(13)18-11-19-16)21-6-8-22(9-7-21)17(23)15-4-5-20-25-15/h2-5,10-11H,6-9H2,1H3. The number of fused-ring (bicyclic) bond motifs is 1. The number of hydrogen-bond donors (Lipinski definition) is 0. The first kappa shape index (κ1) is 15.4. The average molecular weight is 339 g/mol. The molecule has 2 aromatic heterocycles. The molecule has 128 valence electrons. The van der Waals surface area contributed by atoms with Gasteiger partial charge in [-0.15, -0.1) is 0 Å². The van der Waals surface area contributed by atoms with Crippen molar-refractivity contribution in [2.45, 2.75) is 0 Å². The molecule has 4 rings (SSSR count). The maximum Gasteiger partial charge on any atom is 0.292 e. The summed E-state index contributed by atoms with van der Waals surface area (Å²) in [7, 11) is 1.60. The van der Waals surface area contributed by atoms with E-state index in [9.17, 15) is 4.79 Å². The van der Waals surface area contributed by atoms with Crippen LogP contribution in [-0.4, -0.2) is 59.2 Å². The molecule has 1 fully saturated rings. The van der Waals surface area contributed by atoms with E-state index in [1.165, 1.54) is 12.5 Å². The minimum absolute atomic E-state index is 0.120. The summed E-state index contributed by atoms with van der Waals surface area (Å²) in [5.41, 5.74) is 1.90. The molecule has 0 radical (unpaired) electrons. The van der Waals surface area contributed by atoms with Crippen molar-refractivity contribution in [1.82, 2.24) is 20.0 Å². The van der Waals surface area contributed by atoms with Gasteiger partial charge < -0.3 is 19.1 Å². The van der Waals surface area contributed by atoms with Crippen LogP contribution in [0.2, 0.25) is 0 Å². The molecular formula is C17H17N5O3. The number of nitrogens with zero attached hydrogens (tertiary/aromatic N) is 5. The van der Waals surface area contributed by atoms with Crippen molar-refractivity contribution in [3.63, 3.8) is 0 Å². The van der Waals surface area contributed by atoms with Gasteiger partial charge in [-0.2, -0.15) is 0 Å². The molecule has 0 spiro atoms. The van der Waals surface area contributed by atoms with E-state index in [4.69, 9.17) is 9.26 Å². The Morgan fingerprint density at radius 3 is 2.72 bits per heavy atom. The molecular weight excluding hydrogens is 322 g/mol. The molecule has 1 aliphatic heterocycles. The first-order valence-electron chi connectivity index (χ1n) is 8.00. The van der Waals surface area contributed by atoms with Crippen molar-refractivity contribution in [3.05, 3.63) is 42.5 Å². The molecule has 1 aliphatic rings. The highest BCUT2D eigenvalue weighted by molar-refractivity contribution is 5.91. The molecule has 0 aliphatic carbocycles. The molecule has 0 bridgehead atoms. The second-order valence-corrected chi connectivity index (χ2v) is 5.74. The Morgan fingerprint density at radius 2 is 2.00 bits per heavy atom. The Labute approximate surface area is 144 Å². The Hall–Kier alpha value is -3.16. The fourth-order valence-corrected chi connectivity index (χ4v) is 3.03. The lowest BCUT2D eigenvalue weighted by Gasteiger charge is -2.35. The van der Waals surface area contributed by atoms with Crippen molar-refractivity contribution in [2.75, 3.05) is 38.2 Å². The van der Waals surface area contributed by atoms with Crippen LogP contribution in [0.25, 0.3) is 10.9 Å². The van der Waals surface area contributed by atoms with Gasteiger partial charge in [-0.1, -0.05) is 5.16 Å². The van der Waals surface area contributed by atoms with E-state index in [0.29, 0.717) is 19.0 Å². The highest BCUT2D eigenvalue weighted by Gasteiger charge is 2.24. The van der Waals surface area contributed by atoms with E-state index in [1.54, 1.807) is 18.1 Å². The van der Waals surface area contributed by atoms with Gasteiger partial charge in [0, 0.05) is 37.9 Å². The normalized spacial score (nSPS) is 14.8. The van der Waals surface area contributed by atoms with E-state index in [2.05, 4.69) is 20.0 Å². The molecule has 1 saturated heterocycles. The van der Waals surface area contributed by atoms with Gasteiger partial charge in [0.05, 0.1) is 24.2 Å². The second kappa shape index (κ2) is 6.39. The van der Waals surface area contributed by atoms with Crippen molar-refractivity contribution in [1.29, 1.82) is 0 Å². The topological polar surface area (TPSA) is 84.6 Å². The van der Waals surface area contributed by atoms with Crippen molar-refractivity contribution < 1.29 is 14.1 Å². The number of hydrogen-bond acceptors (Lipinski definition) is 7. The minimum atomic E-state index is -0.120. The molecule has 1 aromatic carbocycles. The lowest BCUT2D eigenvalue weighted by Crippen LogP contribution is -2.48. The molecule has 25 heavy (non-hydrogen) atoms. The number of aromatic nitrogens is 3. The first-order chi connectivity index (χ1) is 12.3. The van der Waals surface area contributed by atoms with Crippen LogP contribution in [0.1, 0.15) is 10.6 Å². The Balaban J connectivity index is 1.51. The number of methoxy groups -OCH3 is 1. The van der Waals surface area contributed by atoms with E-state index in [1.807, 2.05) is 18.2 Å². The second-order valence-electron chi connectivity index (χ2n) is 5.74. The first-order valence-corrected chi connectivity index (χ1v) is 8.00. The lowest BCUT2D eigenvalue weighted by molar-refractivity contribution is 0.0705.